The lowest BCUT2D eigenvalue weighted by Crippen LogP contribution is -2.34. The van der Waals surface area contributed by atoms with Crippen LogP contribution in [0.15, 0.2) is 22.7 Å². The van der Waals surface area contributed by atoms with Gasteiger partial charge in [-0.25, -0.2) is 4.39 Å². The van der Waals surface area contributed by atoms with Crippen LogP contribution < -0.4 is 0 Å². The summed E-state index contributed by atoms with van der Waals surface area (Å²) in [4.78, 5) is 13.8. The summed E-state index contributed by atoms with van der Waals surface area (Å²) in [6.45, 7) is 7.20. The van der Waals surface area contributed by atoms with Crippen LogP contribution in [0.2, 0.25) is 0 Å². The van der Waals surface area contributed by atoms with Crippen LogP contribution in [0.5, 0.6) is 0 Å². The number of nitrogens with zero attached hydrogens (tertiary/aromatic N) is 1. The van der Waals surface area contributed by atoms with Crippen molar-refractivity contribution in [3.8, 4) is 0 Å². The number of carbonyl (C=O) groups is 1. The topological polar surface area (TPSA) is 20.3 Å². The molecule has 2 nitrogen and oxygen atoms in total. The zero-order valence-electron chi connectivity index (χ0n) is 10.3. The summed E-state index contributed by atoms with van der Waals surface area (Å²) in [7, 11) is 0. The van der Waals surface area contributed by atoms with Crippen LogP contribution in [0.3, 0.4) is 0 Å². The molecule has 0 aliphatic heterocycles. The number of amides is 1. The van der Waals surface area contributed by atoms with E-state index < -0.39 is 5.82 Å². The normalized spacial score (nSPS) is 10.7. The fourth-order valence-electron chi connectivity index (χ4n) is 1.64. The van der Waals surface area contributed by atoms with E-state index in [1.54, 1.807) is 17.0 Å². The fourth-order valence-corrected chi connectivity index (χ4v) is 2.00. The lowest BCUT2D eigenvalue weighted by molar-refractivity contribution is 0.0741. The second-order valence-electron chi connectivity index (χ2n) is 4.34. The molecule has 17 heavy (non-hydrogen) atoms. The first-order valence-electron chi connectivity index (χ1n) is 5.70. The second kappa shape index (κ2) is 6.15. The Morgan fingerprint density at radius 2 is 2.12 bits per heavy atom. The third kappa shape index (κ3) is 3.53. The molecule has 1 aromatic carbocycles. The number of benzene rings is 1. The summed E-state index contributed by atoms with van der Waals surface area (Å²) in [5, 5.41) is 0. The lowest BCUT2D eigenvalue weighted by atomic mass is 10.1. The van der Waals surface area contributed by atoms with Crippen molar-refractivity contribution in [2.24, 2.45) is 5.92 Å². The summed E-state index contributed by atoms with van der Waals surface area (Å²) in [5.41, 5.74) is 0.127. The van der Waals surface area contributed by atoms with Crippen LogP contribution >= 0.6 is 15.9 Å². The molecule has 1 rings (SSSR count). The minimum atomic E-state index is -0.486. The Kier molecular flexibility index (Phi) is 5.12. The highest BCUT2D eigenvalue weighted by molar-refractivity contribution is 9.10. The van der Waals surface area contributed by atoms with E-state index in [-0.39, 0.29) is 11.5 Å². The molecule has 0 aliphatic rings. The van der Waals surface area contributed by atoms with Gasteiger partial charge < -0.3 is 4.90 Å². The summed E-state index contributed by atoms with van der Waals surface area (Å²) in [6.07, 6.45) is 0. The van der Waals surface area contributed by atoms with Crippen LogP contribution in [0, 0.1) is 11.7 Å². The molecule has 0 radical (unpaired) electrons. The van der Waals surface area contributed by atoms with Crippen LogP contribution in [0.4, 0.5) is 4.39 Å². The first-order valence-corrected chi connectivity index (χ1v) is 6.50. The molecule has 0 unspecified atom stereocenters. The molecule has 0 aliphatic carbocycles. The largest absolute Gasteiger partial charge is 0.339 e. The summed E-state index contributed by atoms with van der Waals surface area (Å²) in [6, 6.07) is 4.78. The van der Waals surface area contributed by atoms with Gasteiger partial charge in [-0.3, -0.25) is 4.79 Å². The Morgan fingerprint density at radius 3 is 2.65 bits per heavy atom. The van der Waals surface area contributed by atoms with Gasteiger partial charge in [0, 0.05) is 13.1 Å². The standard InChI is InChI=1S/C13H17BrFNO/c1-4-16(8-9(2)3)13(17)10-6-5-7-11(14)12(10)15/h5-7,9H,4,8H2,1-3H3. The van der Waals surface area contributed by atoms with Crippen LogP contribution in [-0.2, 0) is 0 Å². The van der Waals surface area contributed by atoms with E-state index in [1.807, 2.05) is 20.8 Å². The molecule has 0 bridgehead atoms. The van der Waals surface area contributed by atoms with Gasteiger partial charge in [-0.15, -0.1) is 0 Å². The van der Waals surface area contributed by atoms with Gasteiger partial charge in [0.15, 0.2) is 0 Å². The van der Waals surface area contributed by atoms with Gasteiger partial charge in [0.25, 0.3) is 5.91 Å². The Bertz CT molecular complexity index is 406. The second-order valence-corrected chi connectivity index (χ2v) is 5.19. The first kappa shape index (κ1) is 14.2. The van der Waals surface area contributed by atoms with Gasteiger partial charge in [-0.1, -0.05) is 19.9 Å². The number of halogens is 2. The maximum Gasteiger partial charge on any atom is 0.256 e. The average molecular weight is 302 g/mol. The molecule has 0 heterocycles. The minimum absolute atomic E-state index is 0.127. The van der Waals surface area contributed by atoms with E-state index in [4.69, 9.17) is 0 Å². The number of hydrogen-bond donors (Lipinski definition) is 0. The smallest absolute Gasteiger partial charge is 0.256 e. The molecule has 1 amide bonds. The van der Waals surface area contributed by atoms with Crippen molar-refractivity contribution in [3.05, 3.63) is 34.1 Å². The van der Waals surface area contributed by atoms with Crippen molar-refractivity contribution < 1.29 is 9.18 Å². The number of hydrogen-bond acceptors (Lipinski definition) is 1. The molecule has 0 atom stereocenters. The third-order valence-corrected chi connectivity index (χ3v) is 3.05. The van der Waals surface area contributed by atoms with Crippen LogP contribution in [-0.4, -0.2) is 23.9 Å². The molecular weight excluding hydrogens is 285 g/mol. The Labute approximate surface area is 110 Å². The van der Waals surface area contributed by atoms with Crippen molar-refractivity contribution in [2.45, 2.75) is 20.8 Å². The molecule has 0 saturated carbocycles. The number of carbonyl (C=O) groups excluding carboxylic acids is 1. The van der Waals surface area contributed by atoms with Gasteiger partial charge >= 0.3 is 0 Å². The Balaban J connectivity index is 2.98. The van der Waals surface area contributed by atoms with Crippen molar-refractivity contribution in [3.63, 3.8) is 0 Å². The van der Waals surface area contributed by atoms with Crippen molar-refractivity contribution in [1.29, 1.82) is 0 Å². The highest BCUT2D eigenvalue weighted by Gasteiger charge is 2.19. The number of rotatable bonds is 4. The van der Waals surface area contributed by atoms with E-state index in [0.29, 0.717) is 23.5 Å². The predicted molar refractivity (Wildman–Crippen MR) is 70.5 cm³/mol. The highest BCUT2D eigenvalue weighted by atomic mass is 79.9. The van der Waals surface area contributed by atoms with Gasteiger partial charge in [0.1, 0.15) is 5.82 Å². The monoisotopic (exact) mass is 301 g/mol. The maximum atomic E-state index is 13.8. The molecule has 0 N–H and O–H groups in total. The molecule has 0 spiro atoms. The van der Waals surface area contributed by atoms with Gasteiger partial charge in [-0.2, -0.15) is 0 Å². The van der Waals surface area contributed by atoms with Crippen LogP contribution in [0.1, 0.15) is 31.1 Å². The fraction of sp³-hybridized carbons (Fsp3) is 0.462. The summed E-state index contributed by atoms with van der Waals surface area (Å²) >= 11 is 3.09. The van der Waals surface area contributed by atoms with Crippen LogP contribution in [0.25, 0.3) is 0 Å². The molecule has 94 valence electrons. The van der Waals surface area contributed by atoms with Gasteiger partial charge in [0.05, 0.1) is 10.0 Å². The summed E-state index contributed by atoms with van der Waals surface area (Å²) < 4.78 is 14.1. The molecule has 1 aromatic rings. The Hall–Kier alpha value is -0.900. The molecular formula is C13H17BrFNO. The Morgan fingerprint density at radius 1 is 1.47 bits per heavy atom. The van der Waals surface area contributed by atoms with E-state index in [2.05, 4.69) is 15.9 Å². The minimum Gasteiger partial charge on any atom is -0.339 e. The van der Waals surface area contributed by atoms with E-state index in [1.165, 1.54) is 6.07 Å². The maximum absolute atomic E-state index is 13.8. The van der Waals surface area contributed by atoms with Crippen molar-refractivity contribution in [2.75, 3.05) is 13.1 Å². The van der Waals surface area contributed by atoms with E-state index in [9.17, 15) is 9.18 Å². The van der Waals surface area contributed by atoms with Crippen molar-refractivity contribution in [1.82, 2.24) is 4.90 Å². The molecule has 0 saturated heterocycles. The summed E-state index contributed by atoms with van der Waals surface area (Å²) in [5.74, 6) is -0.367. The van der Waals surface area contributed by atoms with E-state index >= 15 is 0 Å². The highest BCUT2D eigenvalue weighted by Crippen LogP contribution is 2.20. The molecule has 0 fully saturated rings. The first-order chi connectivity index (χ1) is 7.97. The predicted octanol–water partition coefficient (Wildman–Crippen LogP) is 3.71. The zero-order chi connectivity index (χ0) is 13.0. The van der Waals surface area contributed by atoms with Gasteiger partial charge in [0.2, 0.25) is 0 Å². The molecule has 4 heteroatoms. The lowest BCUT2D eigenvalue weighted by Gasteiger charge is -2.23. The quantitative estimate of drug-likeness (QED) is 0.830. The average Bonchev–Trinajstić information content (AvgIpc) is 2.28. The SMILES string of the molecule is CCN(CC(C)C)C(=O)c1cccc(Br)c1F. The zero-order valence-corrected chi connectivity index (χ0v) is 11.9. The van der Waals surface area contributed by atoms with Crippen molar-refractivity contribution >= 4 is 21.8 Å². The van der Waals surface area contributed by atoms with Gasteiger partial charge in [-0.05, 0) is 40.9 Å². The molecule has 0 aromatic heterocycles. The van der Waals surface area contributed by atoms with E-state index in [0.717, 1.165) is 0 Å². The third-order valence-electron chi connectivity index (χ3n) is 2.44.